The summed E-state index contributed by atoms with van der Waals surface area (Å²) in [4.78, 5) is 15.6. The number of piperidine rings is 1. The van der Waals surface area contributed by atoms with Crippen molar-refractivity contribution < 1.29 is 4.79 Å². The van der Waals surface area contributed by atoms with Crippen molar-refractivity contribution in [2.75, 3.05) is 19.6 Å². The molecule has 0 radical (unpaired) electrons. The largest absolute Gasteiger partial charge is 0.361 e. The Balaban J connectivity index is 1.57. The first-order valence-corrected chi connectivity index (χ1v) is 7.73. The van der Waals surface area contributed by atoms with Gasteiger partial charge >= 0.3 is 0 Å². The molecule has 0 bridgehead atoms. The summed E-state index contributed by atoms with van der Waals surface area (Å²) in [5.41, 5.74) is 2.22. The number of amides is 1. The Morgan fingerprint density at radius 3 is 2.86 bits per heavy atom. The molecule has 3 rings (SSSR count). The van der Waals surface area contributed by atoms with E-state index in [0.717, 1.165) is 37.9 Å². The third-order valence-corrected chi connectivity index (χ3v) is 4.61. The van der Waals surface area contributed by atoms with Crippen molar-refractivity contribution in [3.63, 3.8) is 0 Å². The van der Waals surface area contributed by atoms with Crippen molar-refractivity contribution in [1.29, 1.82) is 0 Å². The molecule has 1 aromatic carbocycles. The summed E-state index contributed by atoms with van der Waals surface area (Å²) in [6, 6.07) is 8.28. The Morgan fingerprint density at radius 2 is 2.05 bits per heavy atom. The maximum Gasteiger partial charge on any atom is 0.226 e. The summed E-state index contributed by atoms with van der Waals surface area (Å²) in [6.45, 7) is 4.65. The van der Waals surface area contributed by atoms with Crippen LogP contribution in [0.1, 0.15) is 25.3 Å². The zero-order valence-electron chi connectivity index (χ0n) is 12.5. The number of carbonyl (C=O) groups excluding carboxylic acids is 1. The fourth-order valence-electron chi connectivity index (χ4n) is 3.07. The first-order valence-electron chi connectivity index (χ1n) is 7.73. The van der Waals surface area contributed by atoms with Crippen molar-refractivity contribution in [3.8, 4) is 0 Å². The normalized spacial score (nSPS) is 17.8. The third kappa shape index (κ3) is 2.95. The smallest absolute Gasteiger partial charge is 0.226 e. The highest BCUT2D eigenvalue weighted by molar-refractivity contribution is 5.84. The fourth-order valence-corrected chi connectivity index (χ4v) is 3.07. The van der Waals surface area contributed by atoms with E-state index in [9.17, 15) is 4.79 Å². The van der Waals surface area contributed by atoms with Crippen molar-refractivity contribution >= 4 is 16.8 Å². The topological polar surface area (TPSA) is 56.9 Å². The third-order valence-electron chi connectivity index (χ3n) is 4.61. The number of carbonyl (C=O) groups is 1. The predicted octanol–water partition coefficient (Wildman–Crippen LogP) is 2.22. The molecule has 21 heavy (non-hydrogen) atoms. The van der Waals surface area contributed by atoms with Gasteiger partial charge in [0.2, 0.25) is 5.91 Å². The van der Waals surface area contributed by atoms with E-state index in [1.54, 1.807) is 0 Å². The standard InChI is InChI=1S/C17H23N3O/c1-17(7-10-18-11-8-17)16(21)19-9-6-13-12-20-15-5-3-2-4-14(13)15/h2-5,12,18,20H,6-11H2,1H3,(H,19,21). The van der Waals surface area contributed by atoms with Crippen LogP contribution >= 0.6 is 0 Å². The van der Waals surface area contributed by atoms with E-state index in [1.165, 1.54) is 10.9 Å². The zero-order chi connectivity index (χ0) is 14.7. The molecule has 1 aliphatic heterocycles. The summed E-state index contributed by atoms with van der Waals surface area (Å²) >= 11 is 0. The minimum atomic E-state index is -0.203. The fraction of sp³-hybridized carbons (Fsp3) is 0.471. The molecule has 1 aliphatic rings. The van der Waals surface area contributed by atoms with Crippen LogP contribution in [0.5, 0.6) is 0 Å². The lowest BCUT2D eigenvalue weighted by Crippen LogP contribution is -2.46. The number of hydrogen-bond donors (Lipinski definition) is 3. The number of aromatic nitrogens is 1. The zero-order valence-corrected chi connectivity index (χ0v) is 12.5. The molecule has 2 heterocycles. The van der Waals surface area contributed by atoms with Crippen LogP contribution in [0.3, 0.4) is 0 Å². The summed E-state index contributed by atoms with van der Waals surface area (Å²) in [6.07, 6.45) is 4.75. The Morgan fingerprint density at radius 1 is 1.29 bits per heavy atom. The molecule has 0 saturated carbocycles. The van der Waals surface area contributed by atoms with Crippen molar-refractivity contribution in [2.45, 2.75) is 26.2 Å². The van der Waals surface area contributed by atoms with Gasteiger partial charge in [0.1, 0.15) is 0 Å². The van der Waals surface area contributed by atoms with Gasteiger partial charge in [-0.2, -0.15) is 0 Å². The maximum atomic E-state index is 12.4. The molecule has 1 amide bonds. The van der Waals surface area contributed by atoms with Gasteiger partial charge in [0.15, 0.2) is 0 Å². The maximum absolute atomic E-state index is 12.4. The number of H-pyrrole nitrogens is 1. The Labute approximate surface area is 125 Å². The van der Waals surface area contributed by atoms with E-state index in [1.807, 2.05) is 18.3 Å². The molecular formula is C17H23N3O. The van der Waals surface area contributed by atoms with Crippen molar-refractivity contribution in [2.24, 2.45) is 5.41 Å². The molecule has 0 unspecified atom stereocenters. The highest BCUT2D eigenvalue weighted by atomic mass is 16.2. The van der Waals surface area contributed by atoms with Crippen molar-refractivity contribution in [1.82, 2.24) is 15.6 Å². The van der Waals surface area contributed by atoms with Crippen molar-refractivity contribution in [3.05, 3.63) is 36.0 Å². The SMILES string of the molecule is CC1(C(=O)NCCc2c[nH]c3ccccc23)CCNCC1. The number of aromatic amines is 1. The van der Waals surface area contributed by atoms with E-state index < -0.39 is 0 Å². The first kappa shape index (κ1) is 14.1. The van der Waals surface area contributed by atoms with Crippen LogP contribution in [0.25, 0.3) is 10.9 Å². The molecule has 1 saturated heterocycles. The summed E-state index contributed by atoms with van der Waals surface area (Å²) in [5, 5.41) is 7.67. The molecule has 0 spiro atoms. The second-order valence-corrected chi connectivity index (χ2v) is 6.18. The van der Waals surface area contributed by atoms with E-state index >= 15 is 0 Å². The van der Waals surface area contributed by atoms with Gasteiger partial charge in [-0.1, -0.05) is 25.1 Å². The molecule has 4 nitrogen and oxygen atoms in total. The number of fused-ring (bicyclic) bond motifs is 1. The molecule has 112 valence electrons. The van der Waals surface area contributed by atoms with Gasteiger partial charge in [0, 0.05) is 29.1 Å². The van der Waals surface area contributed by atoms with E-state index in [4.69, 9.17) is 0 Å². The van der Waals surface area contributed by atoms with Crippen LogP contribution in [-0.4, -0.2) is 30.5 Å². The lowest BCUT2D eigenvalue weighted by molar-refractivity contribution is -0.131. The second kappa shape index (κ2) is 5.90. The van der Waals surface area contributed by atoms with E-state index in [0.29, 0.717) is 6.54 Å². The molecule has 2 aromatic rings. The average molecular weight is 285 g/mol. The second-order valence-electron chi connectivity index (χ2n) is 6.18. The van der Waals surface area contributed by atoms with Crippen LogP contribution in [0, 0.1) is 5.41 Å². The molecular weight excluding hydrogens is 262 g/mol. The molecule has 0 atom stereocenters. The number of benzene rings is 1. The van der Waals surface area contributed by atoms with Crippen LogP contribution in [0.2, 0.25) is 0 Å². The van der Waals surface area contributed by atoms with Gasteiger partial charge in [-0.3, -0.25) is 4.79 Å². The predicted molar refractivity (Wildman–Crippen MR) is 85.2 cm³/mol. The Hall–Kier alpha value is -1.81. The van der Waals surface area contributed by atoms with Gasteiger partial charge in [-0.15, -0.1) is 0 Å². The monoisotopic (exact) mass is 285 g/mol. The molecule has 3 N–H and O–H groups in total. The minimum Gasteiger partial charge on any atom is -0.361 e. The van der Waals surface area contributed by atoms with E-state index in [-0.39, 0.29) is 11.3 Å². The quantitative estimate of drug-likeness (QED) is 0.807. The van der Waals surface area contributed by atoms with Gasteiger partial charge in [-0.05, 0) is 44.0 Å². The highest BCUT2D eigenvalue weighted by Crippen LogP contribution is 2.27. The van der Waals surface area contributed by atoms with Gasteiger partial charge in [-0.25, -0.2) is 0 Å². The van der Waals surface area contributed by atoms with Crippen LogP contribution < -0.4 is 10.6 Å². The number of nitrogens with one attached hydrogen (secondary N) is 3. The number of para-hydroxylation sites is 1. The first-order chi connectivity index (χ1) is 10.2. The molecule has 1 fully saturated rings. The molecule has 4 heteroatoms. The van der Waals surface area contributed by atoms with Gasteiger partial charge in [0.25, 0.3) is 0 Å². The molecule has 0 aliphatic carbocycles. The van der Waals surface area contributed by atoms with E-state index in [2.05, 4.69) is 34.7 Å². The average Bonchev–Trinajstić information content (AvgIpc) is 2.91. The van der Waals surface area contributed by atoms with Crippen LogP contribution in [0.15, 0.2) is 30.5 Å². The van der Waals surface area contributed by atoms with Gasteiger partial charge in [0.05, 0.1) is 0 Å². The lowest BCUT2D eigenvalue weighted by Gasteiger charge is -2.32. The van der Waals surface area contributed by atoms with Crippen LogP contribution in [0.4, 0.5) is 0 Å². The molecule has 1 aromatic heterocycles. The van der Waals surface area contributed by atoms with Gasteiger partial charge < -0.3 is 15.6 Å². The lowest BCUT2D eigenvalue weighted by atomic mass is 9.80. The highest BCUT2D eigenvalue weighted by Gasteiger charge is 2.34. The summed E-state index contributed by atoms with van der Waals surface area (Å²) in [7, 11) is 0. The Bertz CT molecular complexity index is 626. The Kier molecular flexibility index (Phi) is 3.97. The number of hydrogen-bond acceptors (Lipinski definition) is 2. The summed E-state index contributed by atoms with van der Waals surface area (Å²) < 4.78 is 0. The summed E-state index contributed by atoms with van der Waals surface area (Å²) in [5.74, 6) is 0.198. The van der Waals surface area contributed by atoms with Crippen LogP contribution in [-0.2, 0) is 11.2 Å². The number of rotatable bonds is 4. The minimum absolute atomic E-state index is 0.198.